The molecule has 7 nitrogen and oxygen atoms in total. The van der Waals surface area contributed by atoms with Crippen LogP contribution >= 0.6 is 11.3 Å². The number of carbonyl (C=O) groups excluding carboxylic acids is 1. The van der Waals surface area contributed by atoms with Crippen LogP contribution in [0.15, 0.2) is 36.0 Å². The van der Waals surface area contributed by atoms with Crippen LogP contribution in [0.3, 0.4) is 0 Å². The topological polar surface area (TPSA) is 85.6 Å². The second-order valence-corrected chi connectivity index (χ2v) is 10.1. The van der Waals surface area contributed by atoms with Crippen molar-refractivity contribution in [2.24, 2.45) is 0 Å². The van der Waals surface area contributed by atoms with Gasteiger partial charge in [0.1, 0.15) is 5.01 Å². The van der Waals surface area contributed by atoms with Crippen molar-refractivity contribution in [2.45, 2.75) is 59.5 Å². The number of aromatic nitrogens is 5. The molecule has 32 heavy (non-hydrogen) atoms. The number of amides is 1. The average Bonchev–Trinajstić information content (AvgIpc) is 3.36. The van der Waals surface area contributed by atoms with Crippen molar-refractivity contribution in [3.05, 3.63) is 57.9 Å². The van der Waals surface area contributed by atoms with E-state index >= 15 is 0 Å². The van der Waals surface area contributed by atoms with Crippen LogP contribution in [0.2, 0.25) is 0 Å². The summed E-state index contributed by atoms with van der Waals surface area (Å²) in [5.74, 6) is 0.0491. The number of pyridine rings is 2. The minimum Gasteiger partial charge on any atom is -0.346 e. The van der Waals surface area contributed by atoms with Crippen molar-refractivity contribution < 1.29 is 4.79 Å². The molecule has 0 fully saturated rings. The van der Waals surface area contributed by atoms with Gasteiger partial charge >= 0.3 is 0 Å². The minimum absolute atomic E-state index is 0.142. The molecule has 0 unspecified atom stereocenters. The zero-order valence-corrected chi connectivity index (χ0v) is 20.1. The van der Waals surface area contributed by atoms with Crippen LogP contribution in [0.1, 0.15) is 67.3 Å². The molecule has 0 aliphatic carbocycles. The van der Waals surface area contributed by atoms with Crippen molar-refractivity contribution in [3.8, 4) is 11.3 Å². The smallest absolute Gasteiger partial charge is 0.252 e. The molecule has 1 N–H and O–H groups in total. The predicted molar refractivity (Wildman–Crippen MR) is 128 cm³/mol. The van der Waals surface area contributed by atoms with Crippen molar-refractivity contribution in [1.82, 2.24) is 30.0 Å². The van der Waals surface area contributed by atoms with E-state index in [9.17, 15) is 4.79 Å². The van der Waals surface area contributed by atoms with Crippen molar-refractivity contribution >= 4 is 28.3 Å². The highest BCUT2D eigenvalue weighted by molar-refractivity contribution is 7.09. The van der Waals surface area contributed by atoms with Crippen molar-refractivity contribution in [3.63, 3.8) is 0 Å². The summed E-state index contributed by atoms with van der Waals surface area (Å²) in [7, 11) is 0. The number of fused-ring (bicyclic) bond motifs is 1. The first-order valence-corrected chi connectivity index (χ1v) is 11.6. The van der Waals surface area contributed by atoms with Gasteiger partial charge in [-0.2, -0.15) is 5.10 Å². The SMILES string of the molecule is Cc1nn(C(C)(C)C)c2nc(C(C)C)cc(C(=O)NCc3nc(-c4ccncc4)cs3)c12. The fourth-order valence-electron chi connectivity index (χ4n) is 3.55. The average molecular weight is 449 g/mol. The number of nitrogens with zero attached hydrogens (tertiary/aromatic N) is 5. The lowest BCUT2D eigenvalue weighted by Crippen LogP contribution is -2.25. The van der Waals surface area contributed by atoms with E-state index in [-0.39, 0.29) is 17.4 Å². The van der Waals surface area contributed by atoms with Gasteiger partial charge in [0.25, 0.3) is 5.91 Å². The van der Waals surface area contributed by atoms with Crippen molar-refractivity contribution in [2.75, 3.05) is 0 Å². The molecule has 0 aliphatic rings. The molecule has 8 heteroatoms. The van der Waals surface area contributed by atoms with Gasteiger partial charge in [-0.25, -0.2) is 14.6 Å². The first-order valence-electron chi connectivity index (χ1n) is 10.7. The second kappa shape index (κ2) is 8.43. The minimum atomic E-state index is -0.243. The molecular weight excluding hydrogens is 420 g/mol. The lowest BCUT2D eigenvalue weighted by molar-refractivity contribution is 0.0952. The number of thiazole rings is 1. The molecule has 0 spiro atoms. The second-order valence-electron chi connectivity index (χ2n) is 9.16. The molecule has 0 aliphatic heterocycles. The van der Waals surface area contributed by atoms with Gasteiger partial charge < -0.3 is 5.32 Å². The normalized spacial score (nSPS) is 12.0. The first-order chi connectivity index (χ1) is 15.1. The number of aryl methyl sites for hydroxylation is 1. The fraction of sp³-hybridized carbons (Fsp3) is 0.375. The lowest BCUT2D eigenvalue weighted by Gasteiger charge is -2.20. The third-order valence-electron chi connectivity index (χ3n) is 5.23. The number of hydrogen-bond acceptors (Lipinski definition) is 6. The van der Waals surface area contributed by atoms with Crippen LogP contribution in [0.25, 0.3) is 22.3 Å². The van der Waals surface area contributed by atoms with E-state index in [0.717, 1.165) is 38.7 Å². The summed E-state index contributed by atoms with van der Waals surface area (Å²) in [6, 6.07) is 5.75. The summed E-state index contributed by atoms with van der Waals surface area (Å²) < 4.78 is 1.92. The Kier molecular flexibility index (Phi) is 5.81. The summed E-state index contributed by atoms with van der Waals surface area (Å²) in [6.45, 7) is 12.7. The van der Waals surface area contributed by atoms with Gasteiger partial charge in [-0.3, -0.25) is 9.78 Å². The molecule has 4 rings (SSSR count). The fourth-order valence-corrected chi connectivity index (χ4v) is 4.29. The Balaban J connectivity index is 1.65. The lowest BCUT2D eigenvalue weighted by atomic mass is 10.0. The molecule has 4 aromatic rings. The van der Waals surface area contributed by atoms with Crippen LogP contribution in [-0.4, -0.2) is 30.6 Å². The Labute approximate surface area is 191 Å². The molecule has 0 saturated carbocycles. The van der Waals surface area contributed by atoms with Crippen LogP contribution in [0.5, 0.6) is 0 Å². The Bertz CT molecular complexity index is 1270. The number of rotatable bonds is 5. The molecular formula is C24H28N6OS. The maximum atomic E-state index is 13.3. The summed E-state index contributed by atoms with van der Waals surface area (Å²) in [4.78, 5) is 26.9. The van der Waals surface area contributed by atoms with Gasteiger partial charge in [-0.05, 0) is 51.8 Å². The molecule has 0 saturated heterocycles. The molecule has 0 aromatic carbocycles. The van der Waals surface area contributed by atoms with E-state index in [1.54, 1.807) is 12.4 Å². The van der Waals surface area contributed by atoms with E-state index in [1.165, 1.54) is 11.3 Å². The van der Waals surface area contributed by atoms with E-state index in [0.29, 0.717) is 12.1 Å². The van der Waals surface area contributed by atoms with Crippen LogP contribution in [0.4, 0.5) is 0 Å². The largest absolute Gasteiger partial charge is 0.346 e. The zero-order valence-electron chi connectivity index (χ0n) is 19.3. The zero-order chi connectivity index (χ0) is 23.0. The van der Waals surface area contributed by atoms with E-state index in [4.69, 9.17) is 10.1 Å². The van der Waals surface area contributed by atoms with Gasteiger partial charge in [-0.15, -0.1) is 11.3 Å². The van der Waals surface area contributed by atoms with Crippen LogP contribution in [-0.2, 0) is 12.1 Å². The monoisotopic (exact) mass is 448 g/mol. The Hall–Kier alpha value is -3.13. The van der Waals surface area contributed by atoms with Gasteiger partial charge in [0.2, 0.25) is 0 Å². The molecule has 0 bridgehead atoms. The number of hydrogen-bond donors (Lipinski definition) is 1. The van der Waals surface area contributed by atoms with Gasteiger partial charge in [0.15, 0.2) is 5.65 Å². The highest BCUT2D eigenvalue weighted by Crippen LogP contribution is 2.29. The van der Waals surface area contributed by atoms with Gasteiger partial charge in [0.05, 0.1) is 34.4 Å². The summed E-state index contributed by atoms with van der Waals surface area (Å²) >= 11 is 1.53. The van der Waals surface area contributed by atoms with Gasteiger partial charge in [0, 0.05) is 29.0 Å². The standard InChI is InChI=1S/C24H28N6OS/c1-14(2)18-11-17(21-15(3)29-30(22(21)28-18)24(4,5)6)23(31)26-12-20-27-19(13-32-20)16-7-9-25-10-8-16/h7-11,13-14H,12H2,1-6H3,(H,26,31). The molecule has 166 valence electrons. The molecule has 4 heterocycles. The third kappa shape index (κ3) is 4.27. The predicted octanol–water partition coefficient (Wildman–Crippen LogP) is 5.07. The summed E-state index contributed by atoms with van der Waals surface area (Å²) in [6.07, 6.45) is 3.49. The molecule has 0 atom stereocenters. The Morgan fingerprint density at radius 1 is 1.19 bits per heavy atom. The summed E-state index contributed by atoms with van der Waals surface area (Å²) in [5, 5.41) is 11.4. The molecule has 1 amide bonds. The van der Waals surface area contributed by atoms with Crippen molar-refractivity contribution in [1.29, 1.82) is 0 Å². The van der Waals surface area contributed by atoms with Crippen LogP contribution < -0.4 is 5.32 Å². The quantitative estimate of drug-likeness (QED) is 0.461. The van der Waals surface area contributed by atoms with E-state index in [2.05, 4.69) is 49.9 Å². The number of nitrogens with one attached hydrogen (secondary N) is 1. The Morgan fingerprint density at radius 3 is 2.56 bits per heavy atom. The Morgan fingerprint density at radius 2 is 1.91 bits per heavy atom. The highest BCUT2D eigenvalue weighted by Gasteiger charge is 2.25. The first kappa shape index (κ1) is 22.1. The molecule has 0 radical (unpaired) electrons. The summed E-state index contributed by atoms with van der Waals surface area (Å²) in [5.41, 5.74) is 4.69. The molecule has 4 aromatic heterocycles. The highest BCUT2D eigenvalue weighted by atomic mass is 32.1. The maximum Gasteiger partial charge on any atom is 0.252 e. The van der Waals surface area contributed by atoms with Crippen LogP contribution in [0, 0.1) is 6.92 Å². The van der Waals surface area contributed by atoms with E-state index in [1.807, 2.05) is 35.2 Å². The number of carbonyl (C=O) groups is 1. The van der Waals surface area contributed by atoms with E-state index < -0.39 is 0 Å². The maximum absolute atomic E-state index is 13.3. The van der Waals surface area contributed by atoms with Gasteiger partial charge in [-0.1, -0.05) is 13.8 Å². The third-order valence-corrected chi connectivity index (χ3v) is 6.08.